The van der Waals surface area contributed by atoms with Crippen molar-refractivity contribution >= 4 is 0 Å². The van der Waals surface area contributed by atoms with Gasteiger partial charge in [-0.3, -0.25) is 0 Å². The molecule has 1 aliphatic carbocycles. The van der Waals surface area contributed by atoms with E-state index in [2.05, 4.69) is 0 Å². The lowest BCUT2D eigenvalue weighted by Crippen LogP contribution is -2.16. The number of hydrogen-bond donors (Lipinski definition) is 2. The van der Waals surface area contributed by atoms with Gasteiger partial charge in [0.2, 0.25) is 0 Å². The normalized spacial score (nSPS) is 26.2. The van der Waals surface area contributed by atoms with Gasteiger partial charge in [-0.1, -0.05) is 0 Å². The van der Waals surface area contributed by atoms with Gasteiger partial charge in [0.15, 0.2) is 0 Å². The fraction of sp³-hybridized carbons (Fsp3) is 0.833. The Balaban J connectivity index is 2.19. The van der Waals surface area contributed by atoms with E-state index in [0.29, 0.717) is 18.9 Å². The molecule has 2 nitrogen and oxygen atoms in total. The van der Waals surface area contributed by atoms with Gasteiger partial charge >= 0.3 is 0 Å². The quantitative estimate of drug-likeness (QED) is 0.490. The summed E-state index contributed by atoms with van der Waals surface area (Å²) in [6.07, 6.45) is 3.26. The van der Waals surface area contributed by atoms with Crippen LogP contribution in [-0.4, -0.2) is 16.3 Å². The molecule has 0 unspecified atom stereocenters. The first-order chi connectivity index (χ1) is 3.79. The zero-order valence-electron chi connectivity index (χ0n) is 4.80. The smallest absolute Gasteiger partial charge is 0.0935 e. The fourth-order valence-electron chi connectivity index (χ4n) is 0.936. The maximum Gasteiger partial charge on any atom is 0.0935 e. The van der Waals surface area contributed by atoms with Gasteiger partial charge in [-0.25, -0.2) is 0 Å². The molecule has 1 aliphatic rings. The minimum atomic E-state index is -0.161. The van der Waals surface area contributed by atoms with Crippen molar-refractivity contribution in [1.82, 2.24) is 0 Å². The molecule has 1 rings (SSSR count). The third-order valence-electron chi connectivity index (χ3n) is 1.53. The standard InChI is InChI=1S/C6H11O2/c7-5-1-2-6(8)4-3-5/h5,7-8H,1-4H2. The highest BCUT2D eigenvalue weighted by Gasteiger charge is 2.16. The molecular formula is C6H11O2. The largest absolute Gasteiger partial charge is 0.393 e. The summed E-state index contributed by atoms with van der Waals surface area (Å²) in [5.74, 6) is 0. The molecule has 0 heterocycles. The molecule has 0 aromatic carbocycles. The monoisotopic (exact) mass is 115 g/mol. The molecule has 0 atom stereocenters. The molecule has 2 heteroatoms. The van der Waals surface area contributed by atoms with E-state index >= 15 is 0 Å². The molecule has 1 fully saturated rings. The van der Waals surface area contributed by atoms with Crippen LogP contribution in [0.2, 0.25) is 0 Å². The average molecular weight is 115 g/mol. The minimum Gasteiger partial charge on any atom is -0.393 e. The minimum absolute atomic E-state index is 0.161. The van der Waals surface area contributed by atoms with Crippen molar-refractivity contribution in [3.63, 3.8) is 0 Å². The maximum absolute atomic E-state index is 8.90. The van der Waals surface area contributed by atoms with E-state index < -0.39 is 0 Å². The van der Waals surface area contributed by atoms with Gasteiger partial charge in [-0.15, -0.1) is 0 Å². The first-order valence-corrected chi connectivity index (χ1v) is 3.01. The molecule has 2 N–H and O–H groups in total. The number of aliphatic hydroxyl groups is 2. The molecule has 0 aliphatic heterocycles. The highest BCUT2D eigenvalue weighted by Crippen LogP contribution is 2.22. The van der Waals surface area contributed by atoms with Crippen molar-refractivity contribution < 1.29 is 10.2 Å². The molecule has 0 amide bonds. The Morgan fingerprint density at radius 1 is 1.25 bits per heavy atom. The van der Waals surface area contributed by atoms with E-state index in [1.54, 1.807) is 0 Å². The predicted molar refractivity (Wildman–Crippen MR) is 29.7 cm³/mol. The van der Waals surface area contributed by atoms with Gasteiger partial charge in [0.25, 0.3) is 0 Å². The van der Waals surface area contributed by atoms with Gasteiger partial charge in [0, 0.05) is 0 Å². The van der Waals surface area contributed by atoms with Gasteiger partial charge in [0.05, 0.1) is 12.2 Å². The third kappa shape index (κ3) is 1.46. The molecule has 8 heavy (non-hydrogen) atoms. The van der Waals surface area contributed by atoms with E-state index in [0.717, 1.165) is 12.8 Å². The second-order valence-electron chi connectivity index (χ2n) is 2.30. The van der Waals surface area contributed by atoms with Gasteiger partial charge in [-0.05, 0) is 25.7 Å². The SMILES string of the molecule is O[C]1CCC(O)CC1. The zero-order valence-corrected chi connectivity index (χ0v) is 4.80. The van der Waals surface area contributed by atoms with Crippen molar-refractivity contribution in [2.75, 3.05) is 0 Å². The highest BCUT2D eigenvalue weighted by atomic mass is 16.3. The van der Waals surface area contributed by atoms with Gasteiger partial charge < -0.3 is 10.2 Å². The molecule has 0 saturated heterocycles. The van der Waals surface area contributed by atoms with Crippen molar-refractivity contribution in [3.05, 3.63) is 6.10 Å². The second kappa shape index (κ2) is 2.46. The zero-order chi connectivity index (χ0) is 5.98. The number of hydrogen-bond acceptors (Lipinski definition) is 2. The van der Waals surface area contributed by atoms with Crippen LogP contribution in [0.5, 0.6) is 0 Å². The van der Waals surface area contributed by atoms with E-state index in [-0.39, 0.29) is 6.10 Å². The first-order valence-electron chi connectivity index (χ1n) is 3.01. The molecule has 0 aromatic rings. The number of rotatable bonds is 0. The summed E-state index contributed by atoms with van der Waals surface area (Å²) in [4.78, 5) is 0. The summed E-state index contributed by atoms with van der Waals surface area (Å²) in [5, 5.41) is 17.7. The lowest BCUT2D eigenvalue weighted by atomic mass is 9.95. The Bertz CT molecular complexity index is 54.9. The van der Waals surface area contributed by atoms with E-state index in [9.17, 15) is 0 Å². The van der Waals surface area contributed by atoms with Crippen LogP contribution in [0.3, 0.4) is 0 Å². The van der Waals surface area contributed by atoms with Crippen molar-refractivity contribution in [3.8, 4) is 0 Å². The van der Waals surface area contributed by atoms with Crippen molar-refractivity contribution in [2.45, 2.75) is 31.8 Å². The summed E-state index contributed by atoms with van der Waals surface area (Å²) in [5.41, 5.74) is 0. The summed E-state index contributed by atoms with van der Waals surface area (Å²) in [7, 11) is 0. The summed E-state index contributed by atoms with van der Waals surface area (Å²) < 4.78 is 0. The van der Waals surface area contributed by atoms with Crippen LogP contribution in [0.25, 0.3) is 0 Å². The average Bonchev–Trinajstić information content (AvgIpc) is 1.77. The lowest BCUT2D eigenvalue weighted by Gasteiger charge is -2.19. The van der Waals surface area contributed by atoms with Crippen LogP contribution >= 0.6 is 0 Å². The summed E-state index contributed by atoms with van der Waals surface area (Å²) in [6.45, 7) is 0. The Hall–Kier alpha value is -0.0800. The van der Waals surface area contributed by atoms with Crippen molar-refractivity contribution in [2.24, 2.45) is 0 Å². The van der Waals surface area contributed by atoms with Crippen LogP contribution in [0.1, 0.15) is 25.7 Å². The van der Waals surface area contributed by atoms with Crippen molar-refractivity contribution in [1.29, 1.82) is 0 Å². The topological polar surface area (TPSA) is 40.5 Å². The van der Waals surface area contributed by atoms with Crippen LogP contribution < -0.4 is 0 Å². The Kier molecular flexibility index (Phi) is 1.86. The molecular weight excluding hydrogens is 104 g/mol. The molecule has 1 radical (unpaired) electrons. The van der Waals surface area contributed by atoms with Crippen LogP contribution in [0.4, 0.5) is 0 Å². The highest BCUT2D eigenvalue weighted by molar-refractivity contribution is 4.82. The van der Waals surface area contributed by atoms with E-state index in [4.69, 9.17) is 10.2 Å². The molecule has 0 aromatic heterocycles. The third-order valence-corrected chi connectivity index (χ3v) is 1.53. The van der Waals surface area contributed by atoms with Crippen LogP contribution in [0.15, 0.2) is 0 Å². The predicted octanol–water partition coefficient (Wildman–Crippen LogP) is 0.826. The lowest BCUT2D eigenvalue weighted by molar-refractivity contribution is 0.103. The second-order valence-corrected chi connectivity index (χ2v) is 2.30. The fourth-order valence-corrected chi connectivity index (χ4v) is 0.936. The summed E-state index contributed by atoms with van der Waals surface area (Å²) >= 11 is 0. The summed E-state index contributed by atoms with van der Waals surface area (Å²) in [6, 6.07) is 0. The Morgan fingerprint density at radius 2 is 1.75 bits per heavy atom. The molecule has 0 bridgehead atoms. The first kappa shape index (κ1) is 6.05. The number of aliphatic hydroxyl groups excluding tert-OH is 2. The molecule has 47 valence electrons. The Labute approximate surface area is 49.1 Å². The Morgan fingerprint density at radius 3 is 2.12 bits per heavy atom. The van der Waals surface area contributed by atoms with Crippen LogP contribution in [0, 0.1) is 6.10 Å². The van der Waals surface area contributed by atoms with E-state index in [1.807, 2.05) is 0 Å². The van der Waals surface area contributed by atoms with Crippen LogP contribution in [-0.2, 0) is 0 Å². The van der Waals surface area contributed by atoms with Gasteiger partial charge in [0.1, 0.15) is 0 Å². The molecule has 1 saturated carbocycles. The maximum atomic E-state index is 8.90. The van der Waals surface area contributed by atoms with Gasteiger partial charge in [-0.2, -0.15) is 0 Å². The molecule has 0 spiro atoms. The van der Waals surface area contributed by atoms with E-state index in [1.165, 1.54) is 0 Å².